The van der Waals surface area contributed by atoms with Crippen LogP contribution in [0.15, 0.2) is 104 Å². The van der Waals surface area contributed by atoms with Crippen molar-refractivity contribution in [3.63, 3.8) is 0 Å². The zero-order valence-electron chi connectivity index (χ0n) is 32.6. The van der Waals surface area contributed by atoms with E-state index >= 15 is 0 Å². The van der Waals surface area contributed by atoms with Crippen molar-refractivity contribution in [1.82, 2.24) is 25.9 Å². The number of hydrogen-bond acceptors (Lipinski definition) is 10. The summed E-state index contributed by atoms with van der Waals surface area (Å²) in [5, 5.41) is 15.0. The fourth-order valence-corrected chi connectivity index (χ4v) is 9.72. The van der Waals surface area contributed by atoms with E-state index in [1.54, 1.807) is 36.9 Å². The van der Waals surface area contributed by atoms with Gasteiger partial charge in [-0.25, -0.2) is 9.59 Å². The molecule has 60 heavy (non-hydrogen) atoms. The first-order valence-corrected chi connectivity index (χ1v) is 21.3. The van der Waals surface area contributed by atoms with Gasteiger partial charge in [-0.1, -0.05) is 18.2 Å². The van der Waals surface area contributed by atoms with Crippen LogP contribution in [0, 0.1) is 0 Å². The molecular formula is C44H44N10O4S2. The maximum Gasteiger partial charge on any atom is 0.316 e. The molecule has 2 atom stereocenters. The molecule has 8 rings (SSSR count). The second kappa shape index (κ2) is 18.1. The third-order valence-electron chi connectivity index (χ3n) is 10.5. The average molecular weight is 841 g/mol. The molecule has 4 aromatic heterocycles. The Balaban J connectivity index is 1.06. The molecule has 6 amide bonds. The lowest BCUT2D eigenvalue weighted by Crippen LogP contribution is -2.47. The third-order valence-corrected chi connectivity index (χ3v) is 12.9. The molecule has 2 aliphatic heterocycles. The molecule has 0 radical (unpaired) electrons. The number of hydrogen-bond donors (Lipinski definition) is 7. The monoisotopic (exact) mass is 840 g/mol. The maximum atomic E-state index is 14.1. The number of piperidine rings is 2. The van der Waals surface area contributed by atoms with Gasteiger partial charge in [0.15, 0.2) is 0 Å². The van der Waals surface area contributed by atoms with Crippen LogP contribution in [-0.2, 0) is 0 Å². The number of anilines is 3. The Bertz CT molecular complexity index is 2520. The van der Waals surface area contributed by atoms with Crippen LogP contribution in [-0.4, -0.2) is 72.1 Å². The summed E-state index contributed by atoms with van der Waals surface area (Å²) < 4.78 is 0. The van der Waals surface area contributed by atoms with Crippen molar-refractivity contribution < 1.29 is 19.2 Å². The van der Waals surface area contributed by atoms with Crippen molar-refractivity contribution >= 4 is 63.6 Å². The fourth-order valence-electron chi connectivity index (χ4n) is 7.70. The average Bonchev–Trinajstić information content (AvgIpc) is 3.89. The molecule has 6 heterocycles. The number of thiophene rings is 2. The molecule has 9 N–H and O–H groups in total. The number of amides is 6. The number of nitrogens with two attached hydrogens (primary N) is 2. The Morgan fingerprint density at radius 2 is 1.18 bits per heavy atom. The summed E-state index contributed by atoms with van der Waals surface area (Å²) in [7, 11) is 0. The van der Waals surface area contributed by atoms with Crippen molar-refractivity contribution in [2.24, 2.45) is 11.5 Å². The Morgan fingerprint density at radius 3 is 1.80 bits per heavy atom. The Kier molecular flexibility index (Phi) is 12.1. The number of nitrogens with one attached hydrogen (secondary N) is 5. The smallest absolute Gasteiger partial charge is 0.316 e. The molecule has 0 aliphatic carbocycles. The normalized spacial score (nSPS) is 16.4. The van der Waals surface area contributed by atoms with Gasteiger partial charge in [-0.05, 0) is 126 Å². The topological polar surface area (TPSA) is 209 Å². The van der Waals surface area contributed by atoms with Gasteiger partial charge in [-0.2, -0.15) is 0 Å². The quantitative estimate of drug-likeness (QED) is 0.0712. The third kappa shape index (κ3) is 9.47. The lowest BCUT2D eigenvalue weighted by Gasteiger charge is -2.35. The van der Waals surface area contributed by atoms with E-state index in [2.05, 4.69) is 59.7 Å². The van der Waals surface area contributed by atoms with Crippen LogP contribution in [0.3, 0.4) is 0 Å². The van der Waals surface area contributed by atoms with E-state index in [-0.39, 0.29) is 23.9 Å². The van der Waals surface area contributed by atoms with Crippen molar-refractivity contribution in [2.75, 3.05) is 41.7 Å². The summed E-state index contributed by atoms with van der Waals surface area (Å²) in [6, 6.07) is 23.8. The highest BCUT2D eigenvalue weighted by atomic mass is 32.1. The number of primary amides is 2. The van der Waals surface area contributed by atoms with E-state index in [0.29, 0.717) is 34.2 Å². The summed E-state index contributed by atoms with van der Waals surface area (Å²) in [6.07, 6.45) is 10.4. The largest absolute Gasteiger partial charge is 0.369 e. The van der Waals surface area contributed by atoms with Gasteiger partial charge in [0.25, 0.3) is 11.8 Å². The highest BCUT2D eigenvalue weighted by molar-refractivity contribution is 7.18. The maximum absolute atomic E-state index is 14.1. The number of carbonyl (C=O) groups is 4. The first kappa shape index (κ1) is 40.2. The van der Waals surface area contributed by atoms with Crippen molar-refractivity contribution in [1.29, 1.82) is 0 Å². The molecule has 16 heteroatoms. The van der Waals surface area contributed by atoms with Crippen LogP contribution >= 0.6 is 22.7 Å². The Hall–Kier alpha value is -6.62. The number of nitrogens with zero attached hydrogens (tertiary/aromatic N) is 3. The van der Waals surface area contributed by atoms with Crippen LogP contribution < -0.4 is 43.0 Å². The number of benzene rings is 2. The summed E-state index contributed by atoms with van der Waals surface area (Å²) in [6.45, 7) is 2.87. The first-order valence-electron chi connectivity index (χ1n) is 19.7. The van der Waals surface area contributed by atoms with Gasteiger partial charge < -0.3 is 43.0 Å². The van der Waals surface area contributed by atoms with E-state index in [9.17, 15) is 19.2 Å². The highest BCUT2D eigenvalue weighted by Gasteiger charge is 2.27. The van der Waals surface area contributed by atoms with Crippen LogP contribution in [0.1, 0.15) is 45.0 Å². The zero-order chi connectivity index (χ0) is 41.6. The minimum Gasteiger partial charge on any atom is -0.369 e. The summed E-state index contributed by atoms with van der Waals surface area (Å²) in [5.41, 5.74) is 18.4. The van der Waals surface area contributed by atoms with Crippen LogP contribution in [0.25, 0.3) is 43.1 Å². The predicted molar refractivity (Wildman–Crippen MR) is 238 cm³/mol. The number of aromatic nitrogens is 2. The molecule has 2 aromatic carbocycles. The summed E-state index contributed by atoms with van der Waals surface area (Å²) in [5.74, 6) is -0.574. The first-order chi connectivity index (χ1) is 29.2. The lowest BCUT2D eigenvalue weighted by atomic mass is 9.99. The SMILES string of the molecule is NC(=O)Nc1cc(-c2cc(-c3ccncc3)cc(N3CCC[C@H](NC(=O)c4sc(-c5cccc(-c6ccncc6)c5)cc4NC(N)=O)C3)c2)sc1C(=O)N[C@@H]1CCCNC1. The van der Waals surface area contributed by atoms with E-state index in [4.69, 9.17) is 11.5 Å². The molecule has 2 saturated heterocycles. The molecule has 0 unspecified atom stereocenters. The Morgan fingerprint density at radius 1 is 0.633 bits per heavy atom. The molecule has 0 spiro atoms. The molecule has 2 fully saturated rings. The fraction of sp³-hybridized carbons (Fsp3) is 0.227. The Labute approximate surface area is 354 Å². The molecule has 14 nitrogen and oxygen atoms in total. The second-order valence-corrected chi connectivity index (χ2v) is 16.9. The van der Waals surface area contributed by atoms with Crippen molar-refractivity contribution in [3.8, 4) is 43.1 Å². The van der Waals surface area contributed by atoms with E-state index in [1.807, 2.05) is 48.5 Å². The van der Waals surface area contributed by atoms with E-state index in [0.717, 1.165) is 87.6 Å². The minimum atomic E-state index is -0.759. The van der Waals surface area contributed by atoms with Crippen LogP contribution in [0.4, 0.5) is 26.7 Å². The number of urea groups is 2. The highest BCUT2D eigenvalue weighted by Crippen LogP contribution is 2.40. The lowest BCUT2D eigenvalue weighted by molar-refractivity contribution is 0.0928. The van der Waals surface area contributed by atoms with Crippen LogP contribution in [0.5, 0.6) is 0 Å². The van der Waals surface area contributed by atoms with Gasteiger partial charge in [0.2, 0.25) is 0 Å². The molecular weight excluding hydrogens is 797 g/mol. The summed E-state index contributed by atoms with van der Waals surface area (Å²) in [4.78, 5) is 64.7. The molecule has 0 bridgehead atoms. The van der Waals surface area contributed by atoms with Gasteiger partial charge in [-0.15, -0.1) is 22.7 Å². The zero-order valence-corrected chi connectivity index (χ0v) is 34.2. The van der Waals surface area contributed by atoms with Crippen LogP contribution in [0.2, 0.25) is 0 Å². The van der Waals surface area contributed by atoms with E-state index < -0.39 is 12.1 Å². The van der Waals surface area contributed by atoms with Gasteiger partial charge in [0.1, 0.15) is 9.75 Å². The van der Waals surface area contributed by atoms with Gasteiger partial charge in [0, 0.05) is 71.9 Å². The standard InChI is InChI=1S/C44H44N10O4S2/c45-43(57)52-35-22-37(29-5-1-4-28(18-29)26-8-13-47-14-9-26)59-40(35)42(56)51-33-7-3-17-54(25-33)34-20-30(27-10-15-48-16-11-27)19-31(21-34)38-23-36(53-44(46)58)39(60-38)41(55)50-32-6-2-12-49-24-32/h1,4-5,8-11,13-16,18-23,32-33,49H,2-3,6-7,12,17,24-25H2,(H,50,55)(H,51,56)(H3,45,52,57)(H3,46,53,58)/t32-,33+/m1/s1. The minimum absolute atomic E-state index is 0.0182. The summed E-state index contributed by atoms with van der Waals surface area (Å²) >= 11 is 2.58. The second-order valence-electron chi connectivity index (χ2n) is 14.8. The number of rotatable bonds is 11. The van der Waals surface area contributed by atoms with Gasteiger partial charge in [0.05, 0.1) is 11.4 Å². The number of pyridine rings is 2. The molecule has 6 aromatic rings. The van der Waals surface area contributed by atoms with Gasteiger partial charge >= 0.3 is 12.1 Å². The molecule has 0 saturated carbocycles. The predicted octanol–water partition coefficient (Wildman–Crippen LogP) is 7.13. The van der Waals surface area contributed by atoms with Gasteiger partial charge in [-0.3, -0.25) is 19.6 Å². The number of carbonyl (C=O) groups excluding carboxylic acids is 4. The van der Waals surface area contributed by atoms with Crippen molar-refractivity contribution in [3.05, 3.63) is 113 Å². The molecule has 2 aliphatic rings. The van der Waals surface area contributed by atoms with Crippen molar-refractivity contribution in [2.45, 2.75) is 37.8 Å². The molecule has 306 valence electrons. The van der Waals surface area contributed by atoms with E-state index in [1.165, 1.54) is 22.7 Å².